The van der Waals surface area contributed by atoms with Gasteiger partial charge in [0.05, 0.1) is 6.10 Å². The Kier molecular flexibility index (Phi) is 6.40. The van der Waals surface area contributed by atoms with Crippen LogP contribution in [0, 0.1) is 5.92 Å². The minimum Gasteiger partial charge on any atom is -0.393 e. The van der Waals surface area contributed by atoms with Crippen molar-refractivity contribution in [3.8, 4) is 0 Å². The third kappa shape index (κ3) is 4.82. The van der Waals surface area contributed by atoms with Gasteiger partial charge in [-0.1, -0.05) is 37.3 Å². The van der Waals surface area contributed by atoms with Crippen LogP contribution in [0.4, 0.5) is 0 Å². The van der Waals surface area contributed by atoms with E-state index in [9.17, 15) is 9.90 Å². The summed E-state index contributed by atoms with van der Waals surface area (Å²) in [6.45, 7) is 6.08. The van der Waals surface area contributed by atoms with E-state index in [1.807, 2.05) is 36.9 Å². The molecule has 2 N–H and O–H groups in total. The lowest BCUT2D eigenvalue weighted by molar-refractivity contribution is -0.134. The monoisotopic (exact) mass is 304 g/mol. The predicted molar refractivity (Wildman–Crippen MR) is 88.3 cm³/mol. The lowest BCUT2D eigenvalue weighted by Crippen LogP contribution is -2.53. The Morgan fingerprint density at radius 3 is 2.73 bits per heavy atom. The van der Waals surface area contributed by atoms with E-state index >= 15 is 0 Å². The standard InChI is InChI=1S/C18H28N2O2/c1-3-7-18(22)20-12-16(14(2)21)10-17(13-20)19-11-15-8-5-4-6-9-15/h4-6,8-9,14,16-17,19,21H,3,7,10-13H2,1-2H3. The van der Waals surface area contributed by atoms with Gasteiger partial charge in [0.15, 0.2) is 0 Å². The number of piperidine rings is 1. The predicted octanol–water partition coefficient (Wildman–Crippen LogP) is 2.17. The Balaban J connectivity index is 1.95. The van der Waals surface area contributed by atoms with Crippen LogP contribution in [0.1, 0.15) is 38.7 Å². The molecular formula is C18H28N2O2. The van der Waals surface area contributed by atoms with E-state index in [-0.39, 0.29) is 24.0 Å². The van der Waals surface area contributed by atoms with E-state index in [4.69, 9.17) is 0 Å². The fraction of sp³-hybridized carbons (Fsp3) is 0.611. The van der Waals surface area contributed by atoms with Gasteiger partial charge in [-0.2, -0.15) is 0 Å². The van der Waals surface area contributed by atoms with Crippen molar-refractivity contribution in [1.29, 1.82) is 0 Å². The van der Waals surface area contributed by atoms with Crippen molar-refractivity contribution < 1.29 is 9.90 Å². The van der Waals surface area contributed by atoms with Gasteiger partial charge >= 0.3 is 0 Å². The first-order valence-corrected chi connectivity index (χ1v) is 8.33. The second kappa shape index (κ2) is 8.30. The minimum atomic E-state index is -0.377. The average molecular weight is 304 g/mol. The van der Waals surface area contributed by atoms with Gasteiger partial charge in [-0.3, -0.25) is 4.79 Å². The summed E-state index contributed by atoms with van der Waals surface area (Å²) in [6, 6.07) is 10.5. The highest BCUT2D eigenvalue weighted by Gasteiger charge is 2.31. The topological polar surface area (TPSA) is 52.6 Å². The molecule has 4 heteroatoms. The number of amides is 1. The molecule has 1 saturated heterocycles. The fourth-order valence-electron chi connectivity index (χ4n) is 3.07. The van der Waals surface area contributed by atoms with Crippen molar-refractivity contribution in [3.05, 3.63) is 35.9 Å². The zero-order valence-corrected chi connectivity index (χ0v) is 13.7. The van der Waals surface area contributed by atoms with Crippen LogP contribution in [-0.4, -0.2) is 41.1 Å². The number of carbonyl (C=O) groups is 1. The highest BCUT2D eigenvalue weighted by molar-refractivity contribution is 5.76. The number of aliphatic hydroxyl groups is 1. The molecule has 0 bridgehead atoms. The fourth-order valence-corrected chi connectivity index (χ4v) is 3.07. The number of carbonyl (C=O) groups excluding carboxylic acids is 1. The number of benzene rings is 1. The molecule has 0 aliphatic carbocycles. The van der Waals surface area contributed by atoms with Crippen LogP contribution >= 0.6 is 0 Å². The molecule has 1 aromatic rings. The quantitative estimate of drug-likeness (QED) is 0.847. The van der Waals surface area contributed by atoms with E-state index in [0.717, 1.165) is 25.9 Å². The van der Waals surface area contributed by atoms with Crippen LogP contribution in [0.5, 0.6) is 0 Å². The molecule has 1 aliphatic heterocycles. The first-order chi connectivity index (χ1) is 10.6. The zero-order valence-electron chi connectivity index (χ0n) is 13.7. The van der Waals surface area contributed by atoms with Crippen molar-refractivity contribution in [2.45, 2.75) is 51.8 Å². The second-order valence-corrected chi connectivity index (χ2v) is 6.35. The number of nitrogens with zero attached hydrogens (tertiary/aromatic N) is 1. The number of hydrogen-bond acceptors (Lipinski definition) is 3. The molecule has 122 valence electrons. The number of likely N-dealkylation sites (tertiary alicyclic amines) is 1. The molecule has 3 atom stereocenters. The summed E-state index contributed by atoms with van der Waals surface area (Å²) in [7, 11) is 0. The van der Waals surface area contributed by atoms with Crippen molar-refractivity contribution >= 4 is 5.91 Å². The van der Waals surface area contributed by atoms with Crippen LogP contribution in [0.15, 0.2) is 30.3 Å². The summed E-state index contributed by atoms with van der Waals surface area (Å²) >= 11 is 0. The van der Waals surface area contributed by atoms with E-state index < -0.39 is 0 Å². The smallest absolute Gasteiger partial charge is 0.222 e. The van der Waals surface area contributed by atoms with Crippen molar-refractivity contribution in [3.63, 3.8) is 0 Å². The van der Waals surface area contributed by atoms with Gasteiger partial charge in [0.25, 0.3) is 0 Å². The van der Waals surface area contributed by atoms with Gasteiger partial charge in [-0.15, -0.1) is 0 Å². The van der Waals surface area contributed by atoms with Crippen LogP contribution in [0.3, 0.4) is 0 Å². The van der Waals surface area contributed by atoms with Gasteiger partial charge in [0.2, 0.25) is 5.91 Å². The summed E-state index contributed by atoms with van der Waals surface area (Å²) < 4.78 is 0. The molecule has 3 unspecified atom stereocenters. The molecule has 1 heterocycles. The van der Waals surface area contributed by atoms with Crippen molar-refractivity contribution in [2.75, 3.05) is 13.1 Å². The second-order valence-electron chi connectivity index (χ2n) is 6.35. The molecular weight excluding hydrogens is 276 g/mol. The van der Waals surface area contributed by atoms with Gasteiger partial charge < -0.3 is 15.3 Å². The Morgan fingerprint density at radius 1 is 1.36 bits per heavy atom. The molecule has 1 fully saturated rings. The first-order valence-electron chi connectivity index (χ1n) is 8.33. The third-order valence-electron chi connectivity index (χ3n) is 4.42. The van der Waals surface area contributed by atoms with Gasteiger partial charge in [0.1, 0.15) is 0 Å². The van der Waals surface area contributed by atoms with E-state index in [2.05, 4.69) is 17.4 Å². The summed E-state index contributed by atoms with van der Waals surface area (Å²) in [5, 5.41) is 13.5. The molecule has 0 aromatic heterocycles. The van der Waals surface area contributed by atoms with E-state index in [1.54, 1.807) is 0 Å². The summed E-state index contributed by atoms with van der Waals surface area (Å²) in [5.74, 6) is 0.363. The lowest BCUT2D eigenvalue weighted by atomic mass is 9.90. The highest BCUT2D eigenvalue weighted by Crippen LogP contribution is 2.21. The molecule has 4 nitrogen and oxygen atoms in total. The maximum absolute atomic E-state index is 12.2. The Labute approximate surface area is 133 Å². The summed E-state index contributed by atoms with van der Waals surface area (Å²) in [5.41, 5.74) is 1.24. The lowest BCUT2D eigenvalue weighted by Gasteiger charge is -2.39. The van der Waals surface area contributed by atoms with Gasteiger partial charge in [-0.25, -0.2) is 0 Å². The van der Waals surface area contributed by atoms with Crippen molar-refractivity contribution in [2.24, 2.45) is 5.92 Å². The Hall–Kier alpha value is -1.39. The van der Waals surface area contributed by atoms with Crippen molar-refractivity contribution in [1.82, 2.24) is 10.2 Å². The van der Waals surface area contributed by atoms with Crippen LogP contribution < -0.4 is 5.32 Å². The Bertz CT molecular complexity index is 461. The maximum Gasteiger partial charge on any atom is 0.222 e. The number of nitrogens with one attached hydrogen (secondary N) is 1. The van der Waals surface area contributed by atoms with Gasteiger partial charge in [-0.05, 0) is 25.3 Å². The summed E-state index contributed by atoms with van der Waals surface area (Å²) in [4.78, 5) is 14.1. The molecule has 22 heavy (non-hydrogen) atoms. The molecule has 1 aliphatic rings. The number of hydrogen-bond donors (Lipinski definition) is 2. The molecule has 0 spiro atoms. The largest absolute Gasteiger partial charge is 0.393 e. The van der Waals surface area contributed by atoms with Gasteiger partial charge in [0, 0.05) is 38.0 Å². The maximum atomic E-state index is 12.2. The van der Waals surface area contributed by atoms with Crippen LogP contribution in [0.25, 0.3) is 0 Å². The van der Waals surface area contributed by atoms with Crippen LogP contribution in [-0.2, 0) is 11.3 Å². The molecule has 1 amide bonds. The average Bonchev–Trinajstić information content (AvgIpc) is 2.54. The third-order valence-corrected chi connectivity index (χ3v) is 4.42. The molecule has 2 rings (SSSR count). The SMILES string of the molecule is CCCC(=O)N1CC(NCc2ccccc2)CC(C(C)O)C1. The highest BCUT2D eigenvalue weighted by atomic mass is 16.3. The normalized spacial score (nSPS) is 23.3. The molecule has 0 saturated carbocycles. The molecule has 0 radical (unpaired) electrons. The minimum absolute atomic E-state index is 0.155. The molecule has 1 aromatic carbocycles. The first kappa shape index (κ1) is 17.0. The summed E-state index contributed by atoms with van der Waals surface area (Å²) in [6.07, 6.45) is 2.01. The number of rotatable bonds is 6. The zero-order chi connectivity index (χ0) is 15.9. The van der Waals surface area contributed by atoms with E-state index in [0.29, 0.717) is 13.0 Å². The van der Waals surface area contributed by atoms with Crippen LogP contribution in [0.2, 0.25) is 0 Å². The van der Waals surface area contributed by atoms with E-state index in [1.165, 1.54) is 5.56 Å². The Morgan fingerprint density at radius 2 is 2.09 bits per heavy atom. The number of aliphatic hydroxyl groups excluding tert-OH is 1.